The zero-order valence-electron chi connectivity index (χ0n) is 11.9. The van der Waals surface area contributed by atoms with Crippen LogP contribution in [0.3, 0.4) is 0 Å². The Bertz CT molecular complexity index is 185. The number of methoxy groups -OCH3 is 1. The van der Waals surface area contributed by atoms with Gasteiger partial charge in [-0.05, 0) is 19.3 Å². The van der Waals surface area contributed by atoms with Crippen LogP contribution in [-0.4, -0.2) is 57.5 Å². The Morgan fingerprint density at radius 1 is 1.06 bits per heavy atom. The Labute approximate surface area is 112 Å². The quantitative estimate of drug-likeness (QED) is 0.605. The third-order valence-electron chi connectivity index (χ3n) is 3.67. The molecule has 0 aromatic carbocycles. The third kappa shape index (κ3) is 6.69. The summed E-state index contributed by atoms with van der Waals surface area (Å²) < 4.78 is 10.5. The van der Waals surface area contributed by atoms with Crippen molar-refractivity contribution in [1.82, 2.24) is 4.90 Å². The molecule has 0 amide bonds. The molecule has 0 heterocycles. The Balaban J connectivity index is 2.12. The van der Waals surface area contributed by atoms with Gasteiger partial charge in [0.05, 0.1) is 13.2 Å². The van der Waals surface area contributed by atoms with Gasteiger partial charge in [-0.15, -0.1) is 0 Å². The molecule has 18 heavy (non-hydrogen) atoms. The summed E-state index contributed by atoms with van der Waals surface area (Å²) in [7, 11) is 1.70. The van der Waals surface area contributed by atoms with E-state index in [1.165, 1.54) is 32.1 Å². The molecule has 0 saturated heterocycles. The number of nitrogens with two attached hydrogens (primary N) is 1. The first-order valence-corrected chi connectivity index (χ1v) is 7.39. The van der Waals surface area contributed by atoms with Crippen LogP contribution in [0.5, 0.6) is 0 Å². The molecular weight excluding hydrogens is 228 g/mol. The van der Waals surface area contributed by atoms with Crippen molar-refractivity contribution >= 4 is 0 Å². The molecule has 0 radical (unpaired) electrons. The minimum absolute atomic E-state index is 0.690. The SMILES string of the molecule is COCCOCCCN(CCN)C1CCCCC1. The van der Waals surface area contributed by atoms with Crippen LogP contribution in [0, 0.1) is 0 Å². The first-order valence-electron chi connectivity index (χ1n) is 7.39. The second-order valence-electron chi connectivity index (χ2n) is 5.08. The van der Waals surface area contributed by atoms with E-state index in [9.17, 15) is 0 Å². The molecule has 0 spiro atoms. The first-order chi connectivity index (χ1) is 8.88. The van der Waals surface area contributed by atoms with Crippen LogP contribution >= 0.6 is 0 Å². The second-order valence-corrected chi connectivity index (χ2v) is 5.08. The number of nitrogens with zero attached hydrogens (tertiary/aromatic N) is 1. The lowest BCUT2D eigenvalue weighted by Crippen LogP contribution is -2.40. The summed E-state index contributed by atoms with van der Waals surface area (Å²) in [5, 5.41) is 0. The van der Waals surface area contributed by atoms with E-state index >= 15 is 0 Å². The number of ether oxygens (including phenoxy) is 2. The van der Waals surface area contributed by atoms with Crippen molar-refractivity contribution < 1.29 is 9.47 Å². The van der Waals surface area contributed by atoms with E-state index in [-0.39, 0.29) is 0 Å². The van der Waals surface area contributed by atoms with E-state index in [0.29, 0.717) is 13.2 Å². The lowest BCUT2D eigenvalue weighted by atomic mass is 9.94. The molecule has 0 aromatic rings. The zero-order valence-corrected chi connectivity index (χ0v) is 11.9. The van der Waals surface area contributed by atoms with Crippen LogP contribution in [0.25, 0.3) is 0 Å². The average Bonchev–Trinajstić information content (AvgIpc) is 2.42. The summed E-state index contributed by atoms with van der Waals surface area (Å²) >= 11 is 0. The van der Waals surface area contributed by atoms with Crippen molar-refractivity contribution in [3.05, 3.63) is 0 Å². The average molecular weight is 258 g/mol. The molecule has 0 aromatic heterocycles. The van der Waals surface area contributed by atoms with Gasteiger partial charge >= 0.3 is 0 Å². The third-order valence-corrected chi connectivity index (χ3v) is 3.67. The van der Waals surface area contributed by atoms with Gasteiger partial charge in [0, 0.05) is 39.4 Å². The molecule has 1 aliphatic rings. The van der Waals surface area contributed by atoms with Gasteiger partial charge in [-0.1, -0.05) is 19.3 Å². The van der Waals surface area contributed by atoms with E-state index in [1.807, 2.05) is 0 Å². The summed E-state index contributed by atoms with van der Waals surface area (Å²) in [6.07, 6.45) is 7.98. The summed E-state index contributed by atoms with van der Waals surface area (Å²) in [6.45, 7) is 5.14. The molecule has 1 aliphatic carbocycles. The van der Waals surface area contributed by atoms with Gasteiger partial charge in [0.25, 0.3) is 0 Å². The predicted octanol–water partition coefficient (Wildman–Crippen LogP) is 1.63. The van der Waals surface area contributed by atoms with E-state index in [1.54, 1.807) is 7.11 Å². The zero-order chi connectivity index (χ0) is 13.1. The molecule has 0 atom stereocenters. The highest BCUT2D eigenvalue weighted by Gasteiger charge is 2.19. The van der Waals surface area contributed by atoms with Gasteiger partial charge in [0.2, 0.25) is 0 Å². The first kappa shape index (κ1) is 15.9. The van der Waals surface area contributed by atoms with Gasteiger partial charge in [0.1, 0.15) is 0 Å². The van der Waals surface area contributed by atoms with Crippen molar-refractivity contribution in [2.75, 3.05) is 46.6 Å². The summed E-state index contributed by atoms with van der Waals surface area (Å²) in [6, 6.07) is 0.765. The number of rotatable bonds is 10. The van der Waals surface area contributed by atoms with Crippen LogP contribution < -0.4 is 5.73 Å². The van der Waals surface area contributed by atoms with Gasteiger partial charge in [-0.2, -0.15) is 0 Å². The van der Waals surface area contributed by atoms with Gasteiger partial charge < -0.3 is 15.2 Å². The maximum Gasteiger partial charge on any atom is 0.0700 e. The van der Waals surface area contributed by atoms with E-state index < -0.39 is 0 Å². The minimum atomic E-state index is 0.690. The van der Waals surface area contributed by atoms with E-state index in [4.69, 9.17) is 15.2 Å². The molecule has 1 rings (SSSR count). The lowest BCUT2D eigenvalue weighted by molar-refractivity contribution is 0.0609. The second kappa shape index (κ2) is 10.7. The summed E-state index contributed by atoms with van der Waals surface area (Å²) in [5.74, 6) is 0. The van der Waals surface area contributed by atoms with Gasteiger partial charge in [-0.25, -0.2) is 0 Å². The Morgan fingerprint density at radius 3 is 2.50 bits per heavy atom. The fourth-order valence-corrected chi connectivity index (χ4v) is 2.70. The molecule has 0 aliphatic heterocycles. The minimum Gasteiger partial charge on any atom is -0.382 e. The van der Waals surface area contributed by atoms with Gasteiger partial charge in [-0.3, -0.25) is 4.90 Å². The Hall–Kier alpha value is -0.160. The molecule has 1 fully saturated rings. The van der Waals surface area contributed by atoms with E-state index in [2.05, 4.69) is 4.90 Å². The fourth-order valence-electron chi connectivity index (χ4n) is 2.70. The van der Waals surface area contributed by atoms with Gasteiger partial charge in [0.15, 0.2) is 0 Å². The van der Waals surface area contributed by atoms with Crippen molar-refractivity contribution in [3.63, 3.8) is 0 Å². The number of hydrogen-bond acceptors (Lipinski definition) is 4. The van der Waals surface area contributed by atoms with Crippen LogP contribution in [0.2, 0.25) is 0 Å². The van der Waals surface area contributed by atoms with Crippen molar-refractivity contribution in [1.29, 1.82) is 0 Å². The maximum atomic E-state index is 5.72. The topological polar surface area (TPSA) is 47.7 Å². The molecule has 108 valence electrons. The molecule has 4 nitrogen and oxygen atoms in total. The highest BCUT2D eigenvalue weighted by atomic mass is 16.5. The summed E-state index contributed by atoms with van der Waals surface area (Å²) in [5.41, 5.74) is 5.72. The monoisotopic (exact) mass is 258 g/mol. The molecule has 0 unspecified atom stereocenters. The lowest BCUT2D eigenvalue weighted by Gasteiger charge is -2.34. The highest BCUT2D eigenvalue weighted by Crippen LogP contribution is 2.22. The Morgan fingerprint density at radius 2 is 1.83 bits per heavy atom. The molecule has 2 N–H and O–H groups in total. The molecule has 0 bridgehead atoms. The number of hydrogen-bond donors (Lipinski definition) is 1. The highest BCUT2D eigenvalue weighted by molar-refractivity contribution is 4.76. The van der Waals surface area contributed by atoms with Crippen LogP contribution in [0.15, 0.2) is 0 Å². The van der Waals surface area contributed by atoms with Crippen molar-refractivity contribution in [3.8, 4) is 0 Å². The summed E-state index contributed by atoms with van der Waals surface area (Å²) in [4.78, 5) is 2.57. The molecular formula is C14H30N2O2. The van der Waals surface area contributed by atoms with Crippen LogP contribution in [-0.2, 0) is 9.47 Å². The van der Waals surface area contributed by atoms with Crippen molar-refractivity contribution in [2.45, 2.75) is 44.6 Å². The smallest absolute Gasteiger partial charge is 0.0700 e. The predicted molar refractivity (Wildman–Crippen MR) is 74.8 cm³/mol. The maximum absolute atomic E-state index is 5.72. The van der Waals surface area contributed by atoms with E-state index in [0.717, 1.165) is 38.7 Å². The van der Waals surface area contributed by atoms with Crippen LogP contribution in [0.1, 0.15) is 38.5 Å². The standard InChI is InChI=1S/C14H30N2O2/c1-17-12-13-18-11-5-9-16(10-8-15)14-6-3-2-4-7-14/h14H,2-13,15H2,1H3. The fraction of sp³-hybridized carbons (Fsp3) is 1.00. The molecule has 1 saturated carbocycles. The normalized spacial score (nSPS) is 17.5. The molecule has 4 heteroatoms. The largest absolute Gasteiger partial charge is 0.382 e. The Kier molecular flexibility index (Phi) is 9.48. The van der Waals surface area contributed by atoms with Crippen molar-refractivity contribution in [2.24, 2.45) is 5.73 Å². The van der Waals surface area contributed by atoms with Crippen LogP contribution in [0.4, 0.5) is 0 Å².